The summed E-state index contributed by atoms with van der Waals surface area (Å²) in [5.41, 5.74) is -0.760. The van der Waals surface area contributed by atoms with Crippen LogP contribution in [-0.2, 0) is 19.7 Å². The van der Waals surface area contributed by atoms with Crippen LogP contribution < -0.4 is 10.6 Å². The molecule has 208 valence electrons. The van der Waals surface area contributed by atoms with Crippen LogP contribution in [0.25, 0.3) is 0 Å². The number of hydrogen-bond acceptors (Lipinski definition) is 5. The zero-order valence-electron chi connectivity index (χ0n) is 21.5. The number of carbonyl (C=O) groups is 3. The predicted octanol–water partition coefficient (Wildman–Crippen LogP) is 4.72. The first-order chi connectivity index (χ1) is 18.4. The van der Waals surface area contributed by atoms with Gasteiger partial charge < -0.3 is 15.4 Å². The Morgan fingerprint density at radius 2 is 1.87 bits per heavy atom. The van der Waals surface area contributed by atoms with Gasteiger partial charge >= 0.3 is 12.3 Å². The van der Waals surface area contributed by atoms with Gasteiger partial charge in [-0.3, -0.25) is 19.5 Å². The number of aliphatic imine (C=N–C) groups is 1. The largest absolute Gasteiger partial charge is 0.432 e. The summed E-state index contributed by atoms with van der Waals surface area (Å²) in [5, 5.41) is 5.00. The molecule has 0 aliphatic carbocycles. The maximum atomic E-state index is 14.1. The highest BCUT2D eigenvalue weighted by atomic mass is 19.4. The van der Waals surface area contributed by atoms with Crippen LogP contribution in [0.1, 0.15) is 43.9 Å². The average Bonchev–Trinajstić information content (AvgIpc) is 3.39. The number of nitrogens with one attached hydrogen (secondary N) is 2. The van der Waals surface area contributed by atoms with Crippen LogP contribution in [0.2, 0.25) is 0 Å². The van der Waals surface area contributed by atoms with Crippen LogP contribution in [0.3, 0.4) is 0 Å². The van der Waals surface area contributed by atoms with E-state index in [0.29, 0.717) is 11.3 Å². The average molecular weight is 549 g/mol. The first kappa shape index (κ1) is 28.1. The molecule has 3 amide bonds. The number of amidine groups is 1. The zero-order chi connectivity index (χ0) is 28.5. The van der Waals surface area contributed by atoms with Gasteiger partial charge in [-0.2, -0.15) is 13.2 Å². The number of ether oxygens (including phenoxy) is 1. The lowest BCUT2D eigenvalue weighted by Gasteiger charge is -2.28. The SMILES string of the molecule is C/N=C1\C[C@@]2(CN1C(=O)[C@H](CC(C)C)NC(=O)O[C@@H](c1ccccc1)C(F)(F)F)C(=O)Nc1ccc(F)cc12. The molecule has 2 aromatic rings. The van der Waals surface area contributed by atoms with Gasteiger partial charge in [0.1, 0.15) is 23.1 Å². The number of likely N-dealkylation sites (tertiary alicyclic amines) is 1. The molecular formula is C27H28F4N4O4. The maximum Gasteiger partial charge on any atom is 0.429 e. The number of anilines is 1. The van der Waals surface area contributed by atoms with Gasteiger partial charge in [0.25, 0.3) is 5.91 Å². The van der Waals surface area contributed by atoms with E-state index < -0.39 is 47.5 Å². The molecule has 0 bridgehead atoms. The minimum absolute atomic E-state index is 0.000522. The lowest BCUT2D eigenvalue weighted by atomic mass is 9.80. The molecule has 4 rings (SSSR count). The van der Waals surface area contributed by atoms with Crippen molar-refractivity contribution in [3.63, 3.8) is 0 Å². The number of hydrogen-bond donors (Lipinski definition) is 2. The Kier molecular flexibility index (Phi) is 7.67. The molecule has 2 aromatic carbocycles. The number of carbonyl (C=O) groups excluding carboxylic acids is 3. The van der Waals surface area contributed by atoms with E-state index in [4.69, 9.17) is 4.74 Å². The molecule has 12 heteroatoms. The summed E-state index contributed by atoms with van der Waals surface area (Å²) in [6.45, 7) is 3.38. The summed E-state index contributed by atoms with van der Waals surface area (Å²) in [5.74, 6) is -1.56. The molecule has 1 fully saturated rings. The number of fused-ring (bicyclic) bond motifs is 2. The van der Waals surface area contributed by atoms with Crippen LogP contribution in [0, 0.1) is 11.7 Å². The van der Waals surface area contributed by atoms with Gasteiger partial charge in [-0.1, -0.05) is 44.2 Å². The summed E-state index contributed by atoms with van der Waals surface area (Å²) in [6.07, 6.45) is -8.77. The number of rotatable bonds is 6. The molecule has 1 saturated heterocycles. The second-order valence-electron chi connectivity index (χ2n) is 10.0. The van der Waals surface area contributed by atoms with Gasteiger partial charge in [0.15, 0.2) is 0 Å². The third-order valence-electron chi connectivity index (χ3n) is 6.83. The quantitative estimate of drug-likeness (QED) is 0.511. The van der Waals surface area contributed by atoms with E-state index in [1.165, 1.54) is 60.5 Å². The highest BCUT2D eigenvalue weighted by molar-refractivity contribution is 6.14. The molecule has 0 unspecified atom stereocenters. The summed E-state index contributed by atoms with van der Waals surface area (Å²) >= 11 is 0. The molecule has 3 atom stereocenters. The number of nitrogens with zero attached hydrogens (tertiary/aromatic N) is 2. The van der Waals surface area contributed by atoms with E-state index in [2.05, 4.69) is 15.6 Å². The Morgan fingerprint density at radius 3 is 2.49 bits per heavy atom. The van der Waals surface area contributed by atoms with Crippen molar-refractivity contribution in [2.75, 3.05) is 18.9 Å². The molecule has 0 radical (unpaired) electrons. The summed E-state index contributed by atoms with van der Waals surface area (Å²) in [4.78, 5) is 44.8. The van der Waals surface area contributed by atoms with Gasteiger partial charge in [-0.05, 0) is 36.1 Å². The van der Waals surface area contributed by atoms with Crippen LogP contribution in [0.4, 0.5) is 28.0 Å². The van der Waals surface area contributed by atoms with E-state index in [0.717, 1.165) is 0 Å². The fourth-order valence-electron chi connectivity index (χ4n) is 5.02. The Morgan fingerprint density at radius 1 is 1.18 bits per heavy atom. The molecule has 2 N–H and O–H groups in total. The van der Waals surface area contributed by atoms with Crippen molar-refractivity contribution < 1.29 is 36.7 Å². The fraction of sp³-hybridized carbons (Fsp3) is 0.407. The van der Waals surface area contributed by atoms with Gasteiger partial charge in [-0.25, -0.2) is 9.18 Å². The van der Waals surface area contributed by atoms with E-state index in [-0.39, 0.29) is 36.7 Å². The second kappa shape index (κ2) is 10.7. The van der Waals surface area contributed by atoms with Crippen molar-refractivity contribution in [1.82, 2.24) is 10.2 Å². The first-order valence-corrected chi connectivity index (χ1v) is 12.3. The highest BCUT2D eigenvalue weighted by Crippen LogP contribution is 2.45. The third kappa shape index (κ3) is 5.59. The minimum Gasteiger partial charge on any atom is -0.432 e. The summed E-state index contributed by atoms with van der Waals surface area (Å²) in [7, 11) is 1.43. The van der Waals surface area contributed by atoms with Crippen molar-refractivity contribution in [3.05, 3.63) is 65.5 Å². The highest BCUT2D eigenvalue weighted by Gasteiger charge is 2.55. The van der Waals surface area contributed by atoms with Gasteiger partial charge in [0.05, 0.1) is 0 Å². The zero-order valence-corrected chi connectivity index (χ0v) is 21.5. The molecule has 39 heavy (non-hydrogen) atoms. The molecule has 1 spiro atoms. The van der Waals surface area contributed by atoms with Gasteiger partial charge in [0.2, 0.25) is 12.0 Å². The van der Waals surface area contributed by atoms with Crippen LogP contribution in [0.15, 0.2) is 53.5 Å². The van der Waals surface area contributed by atoms with Crippen molar-refractivity contribution in [1.29, 1.82) is 0 Å². The topological polar surface area (TPSA) is 100 Å². The monoisotopic (exact) mass is 548 g/mol. The number of alkyl halides is 3. The number of halogens is 4. The van der Waals surface area contributed by atoms with Crippen LogP contribution >= 0.6 is 0 Å². The van der Waals surface area contributed by atoms with Crippen LogP contribution in [-0.4, -0.2) is 54.5 Å². The smallest absolute Gasteiger partial charge is 0.429 e. The standard InChI is InChI=1S/C27H28F4N4O4/c1-15(2)11-20(34-25(38)39-22(27(29,30)31)16-7-5-4-6-8-16)23(36)35-14-26(13-21(35)32-3)18-12-17(28)9-10-19(18)33-24(26)37/h4-10,12,15,20,22H,11,13-14H2,1-3H3,(H,33,37)(H,34,38)/b32-21+/t20-,22-,26-/m0/s1. The van der Waals surface area contributed by atoms with Crippen LogP contribution in [0.5, 0.6) is 0 Å². The molecule has 0 aromatic heterocycles. The number of benzene rings is 2. The van der Waals surface area contributed by atoms with E-state index in [1.807, 2.05) is 0 Å². The first-order valence-electron chi connectivity index (χ1n) is 12.3. The van der Waals surface area contributed by atoms with E-state index in [1.54, 1.807) is 13.8 Å². The minimum atomic E-state index is -4.89. The fourth-order valence-corrected chi connectivity index (χ4v) is 5.02. The van der Waals surface area contributed by atoms with Crippen molar-refractivity contribution in [2.24, 2.45) is 10.9 Å². The molecule has 2 aliphatic rings. The summed E-state index contributed by atoms with van der Waals surface area (Å²) < 4.78 is 60.0. The Balaban J connectivity index is 1.58. The Labute approximate surface area is 222 Å². The van der Waals surface area contributed by atoms with Crippen molar-refractivity contribution >= 4 is 29.4 Å². The Bertz CT molecular complexity index is 1300. The van der Waals surface area contributed by atoms with Crippen molar-refractivity contribution in [2.45, 2.75) is 50.4 Å². The maximum absolute atomic E-state index is 14.1. The van der Waals surface area contributed by atoms with E-state index in [9.17, 15) is 31.9 Å². The Hall–Kier alpha value is -3.96. The third-order valence-corrected chi connectivity index (χ3v) is 6.83. The second-order valence-corrected chi connectivity index (χ2v) is 10.0. The van der Waals surface area contributed by atoms with Gasteiger partial charge in [-0.15, -0.1) is 0 Å². The molecule has 2 heterocycles. The summed E-state index contributed by atoms with van der Waals surface area (Å²) in [6, 6.07) is 9.28. The normalized spacial score (nSPS) is 21.2. The number of alkyl carbamates (subject to hydrolysis) is 1. The van der Waals surface area contributed by atoms with Crippen molar-refractivity contribution in [3.8, 4) is 0 Å². The molecular weight excluding hydrogens is 520 g/mol. The molecule has 2 aliphatic heterocycles. The lowest BCUT2D eigenvalue weighted by molar-refractivity contribution is -0.206. The lowest BCUT2D eigenvalue weighted by Crippen LogP contribution is -2.51. The predicted molar refractivity (Wildman–Crippen MR) is 134 cm³/mol. The van der Waals surface area contributed by atoms with Gasteiger partial charge in [0, 0.05) is 31.3 Å². The molecule has 0 saturated carbocycles. The number of amides is 3. The molecule has 8 nitrogen and oxygen atoms in total. The van der Waals surface area contributed by atoms with E-state index >= 15 is 0 Å².